The maximum absolute atomic E-state index is 6.98. The Labute approximate surface area is 435 Å². The second kappa shape index (κ2) is 17.5. The molecule has 1 aliphatic rings. The topological polar surface area (TPSA) is 40.3 Å². The zero-order chi connectivity index (χ0) is 49.0. The molecule has 3 aromatic heterocycles. The molecule has 0 saturated carbocycles. The standard InChI is InChI=1S/C66H57N4O.Pt/c1-64(2,3)45-22-17-20-43(34-45)52-26-18-27-56-53-24-11-10-23-51(53)42-19-16-21-44(33-42)57-37-47(66(7,8)9)38-62(67-57)70-58-28-13-12-25-54(58)55-32-31-49(40-61(55)70)71-50-36-46(65(4,5)6)35-48(39-50)68-41-69(63(52)56)60-30-15-14-29-59(60)68;/h10-38,41H,1-9H3;/q-3;. The average molecular weight is 1120 g/mol. The van der Waals surface area contributed by atoms with Crippen LogP contribution in [0.3, 0.4) is 0 Å². The number of aromatic nitrogens is 4. The summed E-state index contributed by atoms with van der Waals surface area (Å²) in [7, 11) is 0. The molecule has 0 amide bonds. The first kappa shape index (κ1) is 47.0. The Morgan fingerprint density at radius 1 is 0.472 bits per heavy atom. The van der Waals surface area contributed by atoms with Gasteiger partial charge in [0.25, 0.3) is 0 Å². The molecule has 12 rings (SSSR count). The minimum absolute atomic E-state index is 0. The number of para-hydroxylation sites is 4. The van der Waals surface area contributed by atoms with Crippen LogP contribution >= 0.6 is 0 Å². The van der Waals surface area contributed by atoms with Crippen LogP contribution < -0.4 is 0 Å². The second-order valence-corrected chi connectivity index (χ2v) is 22.3. The molecule has 0 unspecified atom stereocenters. The van der Waals surface area contributed by atoms with Gasteiger partial charge >= 0.3 is 0 Å². The van der Waals surface area contributed by atoms with Gasteiger partial charge in [0.2, 0.25) is 0 Å². The van der Waals surface area contributed by atoms with Crippen LogP contribution in [0.25, 0.3) is 105 Å². The van der Waals surface area contributed by atoms with E-state index in [2.05, 4.69) is 264 Å². The monoisotopic (exact) mass is 1120 g/mol. The molecule has 72 heavy (non-hydrogen) atoms. The molecule has 0 saturated heterocycles. The van der Waals surface area contributed by atoms with E-state index in [-0.39, 0.29) is 37.3 Å². The molecule has 0 aliphatic carbocycles. The van der Waals surface area contributed by atoms with E-state index in [4.69, 9.17) is 9.40 Å². The van der Waals surface area contributed by atoms with Crippen molar-refractivity contribution in [3.8, 4) is 22.5 Å². The molecule has 0 spiro atoms. The van der Waals surface area contributed by atoms with Crippen molar-refractivity contribution < 1.29 is 25.5 Å². The molecule has 0 atom stereocenters. The van der Waals surface area contributed by atoms with Crippen molar-refractivity contribution in [1.82, 2.24) is 18.5 Å². The van der Waals surface area contributed by atoms with E-state index in [1.54, 1.807) is 0 Å². The number of nitrogens with zero attached hydrogens (tertiary/aromatic N) is 4. The quantitative estimate of drug-likeness (QED) is 0.154. The first-order valence-electron chi connectivity index (χ1n) is 24.8. The van der Waals surface area contributed by atoms with Crippen LogP contribution in [0.4, 0.5) is 0 Å². The average Bonchev–Trinajstić information content (AvgIpc) is 3.91. The number of benzene rings is 8. The van der Waals surface area contributed by atoms with E-state index in [0.29, 0.717) is 11.2 Å². The summed E-state index contributed by atoms with van der Waals surface area (Å²) in [6, 6.07) is 71.5. The fraction of sp³-hybridized carbons (Fsp3) is 0.182. The zero-order valence-corrected chi connectivity index (χ0v) is 44.6. The summed E-state index contributed by atoms with van der Waals surface area (Å²) in [6.45, 7) is 20.4. The van der Waals surface area contributed by atoms with Crippen LogP contribution in [-0.2, 0) is 37.3 Å². The van der Waals surface area contributed by atoms with Gasteiger partial charge < -0.3 is 18.0 Å². The van der Waals surface area contributed by atoms with Crippen LogP contribution in [-0.4, -0.2) is 18.5 Å². The molecular weight excluding hydrogens is 1060 g/mol. The summed E-state index contributed by atoms with van der Waals surface area (Å²) in [4.78, 5) is 5.57. The van der Waals surface area contributed by atoms with Gasteiger partial charge in [0, 0.05) is 49.5 Å². The maximum Gasteiger partial charge on any atom is 0.136 e. The Morgan fingerprint density at radius 2 is 1.11 bits per heavy atom. The van der Waals surface area contributed by atoms with Gasteiger partial charge in [-0.05, 0) is 107 Å². The largest absolute Gasteiger partial charge is 0.510 e. The summed E-state index contributed by atoms with van der Waals surface area (Å²) >= 11 is 0. The number of pyridine rings is 1. The molecule has 360 valence electrons. The fourth-order valence-electron chi connectivity index (χ4n) is 10.4. The normalized spacial score (nSPS) is 12.4. The number of hydrogen-bond donors (Lipinski definition) is 0. The molecular formula is C66H57N4OPt-3. The Morgan fingerprint density at radius 3 is 1.88 bits per heavy atom. The van der Waals surface area contributed by atoms with E-state index in [9.17, 15) is 0 Å². The van der Waals surface area contributed by atoms with Gasteiger partial charge in [-0.25, -0.2) is 4.98 Å². The van der Waals surface area contributed by atoms with E-state index in [1.807, 2.05) is 6.07 Å². The molecule has 0 fully saturated rings. The molecule has 10 bridgehead atoms. The third-order valence-corrected chi connectivity index (χ3v) is 14.3. The minimum atomic E-state index is -0.201. The van der Waals surface area contributed by atoms with Crippen LogP contribution in [0, 0.1) is 12.1 Å². The second-order valence-electron chi connectivity index (χ2n) is 22.3. The summed E-state index contributed by atoms with van der Waals surface area (Å²) < 4.78 is 13.9. The Bertz CT molecular complexity index is 4240. The number of imidazole rings is 1. The molecule has 1 aliphatic heterocycles. The van der Waals surface area contributed by atoms with Crippen molar-refractivity contribution in [2.45, 2.75) is 78.6 Å². The summed E-state index contributed by atoms with van der Waals surface area (Å²) in [5.74, 6) is 0. The third-order valence-electron chi connectivity index (χ3n) is 14.3. The molecule has 0 radical (unpaired) electrons. The van der Waals surface area contributed by atoms with Gasteiger partial charge in [0.15, 0.2) is 0 Å². The maximum atomic E-state index is 6.98. The molecule has 11 aromatic rings. The molecule has 5 nitrogen and oxygen atoms in total. The Kier molecular flexibility index (Phi) is 11.4. The van der Waals surface area contributed by atoms with Gasteiger partial charge in [-0.2, -0.15) is 23.8 Å². The van der Waals surface area contributed by atoms with Crippen LogP contribution in [0.5, 0.6) is 0 Å². The van der Waals surface area contributed by atoms with Crippen molar-refractivity contribution in [2.75, 3.05) is 0 Å². The van der Waals surface area contributed by atoms with Crippen LogP contribution in [0.15, 0.2) is 187 Å². The minimum Gasteiger partial charge on any atom is -0.510 e. The predicted octanol–water partition coefficient (Wildman–Crippen LogP) is 17.7. The van der Waals surface area contributed by atoms with Crippen molar-refractivity contribution in [3.63, 3.8) is 0 Å². The first-order valence-corrected chi connectivity index (χ1v) is 24.8. The van der Waals surface area contributed by atoms with Crippen LogP contribution in [0.2, 0.25) is 0 Å². The van der Waals surface area contributed by atoms with E-state index >= 15 is 0 Å². The number of rotatable bonds is 1. The van der Waals surface area contributed by atoms with Crippen molar-refractivity contribution in [1.29, 1.82) is 0 Å². The third kappa shape index (κ3) is 8.18. The first-order chi connectivity index (χ1) is 34.1. The Hall–Kier alpha value is -7.33. The van der Waals surface area contributed by atoms with E-state index in [1.165, 1.54) is 11.1 Å². The number of hydrogen-bond acceptors (Lipinski definition) is 2. The summed E-state index contributed by atoms with van der Waals surface area (Å²) in [5.41, 5.74) is 14.5. The van der Waals surface area contributed by atoms with Crippen molar-refractivity contribution in [2.24, 2.45) is 0 Å². The van der Waals surface area contributed by atoms with Gasteiger partial charge in [-0.3, -0.25) is 0 Å². The van der Waals surface area contributed by atoms with Gasteiger partial charge in [0.05, 0.1) is 5.52 Å². The van der Waals surface area contributed by atoms with Gasteiger partial charge in [-0.15, -0.1) is 29.1 Å². The molecule has 4 heterocycles. The summed E-state index contributed by atoms with van der Waals surface area (Å²) in [5, 5.41) is 7.75. The molecule has 0 N–H and O–H groups in total. The van der Waals surface area contributed by atoms with E-state index < -0.39 is 0 Å². The SMILES string of the molecule is CC(C)(C)c1cccc(-c2cccc3c4ccccc4c4cccc(c4)c4cc(C(C)(C)C)cc(n4)n4c5[c-]c(ccc5c5ccccc54)oc4[c-]c(cc(C(C)(C)C)c4)n4[cH-]n(c23)-c2ccccc2-4)c1.[Pt]. The smallest absolute Gasteiger partial charge is 0.136 e. The van der Waals surface area contributed by atoms with Crippen LogP contribution in [0.1, 0.15) is 79.0 Å². The molecule has 8 aromatic carbocycles. The predicted molar refractivity (Wildman–Crippen MR) is 299 cm³/mol. The van der Waals surface area contributed by atoms with Crippen molar-refractivity contribution in [3.05, 3.63) is 211 Å². The summed E-state index contributed by atoms with van der Waals surface area (Å²) in [6.07, 6.45) is 2.25. The zero-order valence-electron chi connectivity index (χ0n) is 42.3. The fourth-order valence-corrected chi connectivity index (χ4v) is 10.4. The van der Waals surface area contributed by atoms with Gasteiger partial charge in [-0.1, -0.05) is 195 Å². The number of fused-ring (bicyclic) bond motifs is 23. The van der Waals surface area contributed by atoms with Crippen molar-refractivity contribution >= 4 is 82.1 Å². The Balaban J connectivity index is 0.00000560. The molecule has 6 heteroatoms. The van der Waals surface area contributed by atoms with E-state index in [0.717, 1.165) is 99.0 Å². The van der Waals surface area contributed by atoms with Gasteiger partial charge in [0.1, 0.15) is 5.65 Å².